The van der Waals surface area contributed by atoms with Gasteiger partial charge < -0.3 is 20.3 Å². The molecule has 0 spiro atoms. The molecule has 1 aromatic rings. The van der Waals surface area contributed by atoms with Gasteiger partial charge in [0.2, 0.25) is 0 Å². The lowest BCUT2D eigenvalue weighted by molar-refractivity contribution is 0.0268. The van der Waals surface area contributed by atoms with E-state index in [0.29, 0.717) is 24.6 Å². The van der Waals surface area contributed by atoms with E-state index in [4.69, 9.17) is 4.74 Å². The van der Waals surface area contributed by atoms with Gasteiger partial charge in [-0.25, -0.2) is 0 Å². The normalized spacial score (nSPS) is 12.0. The number of hydrogen-bond donors (Lipinski definition) is 2. The Bertz CT molecular complexity index is 536. The van der Waals surface area contributed by atoms with Gasteiger partial charge in [0.15, 0.2) is 5.96 Å². The van der Waals surface area contributed by atoms with Crippen molar-refractivity contribution in [2.45, 2.75) is 26.0 Å². The van der Waals surface area contributed by atoms with Crippen LogP contribution in [0.5, 0.6) is 0 Å². The van der Waals surface area contributed by atoms with Crippen molar-refractivity contribution in [3.05, 3.63) is 35.4 Å². The summed E-state index contributed by atoms with van der Waals surface area (Å²) in [6.07, 6.45) is 0. The molecule has 0 radical (unpaired) electrons. The van der Waals surface area contributed by atoms with E-state index in [2.05, 4.69) is 15.6 Å². The first-order valence-corrected chi connectivity index (χ1v) is 7.59. The summed E-state index contributed by atoms with van der Waals surface area (Å²) in [5.74, 6) is 0.715. The van der Waals surface area contributed by atoms with Crippen molar-refractivity contribution in [1.82, 2.24) is 15.5 Å². The topological polar surface area (TPSA) is 66.0 Å². The van der Waals surface area contributed by atoms with E-state index in [9.17, 15) is 4.79 Å². The number of carbonyl (C=O) groups is 1. The number of nitrogens with zero attached hydrogens (tertiary/aromatic N) is 2. The number of nitrogens with one attached hydrogen (secondary N) is 2. The third kappa shape index (κ3) is 6.28. The number of hydrogen-bond acceptors (Lipinski definition) is 3. The van der Waals surface area contributed by atoms with E-state index in [0.717, 1.165) is 5.56 Å². The molecular formula is C17H28N4O2. The molecule has 2 N–H and O–H groups in total. The molecule has 0 aliphatic carbocycles. The Balaban J connectivity index is 2.55. The number of guanidine groups is 1. The minimum Gasteiger partial charge on any atom is -0.377 e. The Morgan fingerprint density at radius 1 is 1.22 bits per heavy atom. The fourth-order valence-corrected chi connectivity index (χ4v) is 1.80. The molecule has 0 fully saturated rings. The van der Waals surface area contributed by atoms with Crippen LogP contribution in [0, 0.1) is 0 Å². The number of ether oxygens (including phenoxy) is 1. The van der Waals surface area contributed by atoms with Gasteiger partial charge in [-0.15, -0.1) is 0 Å². The van der Waals surface area contributed by atoms with Gasteiger partial charge in [0.1, 0.15) is 0 Å². The van der Waals surface area contributed by atoms with E-state index in [1.165, 1.54) is 0 Å². The van der Waals surface area contributed by atoms with Crippen LogP contribution in [0.3, 0.4) is 0 Å². The van der Waals surface area contributed by atoms with Crippen molar-refractivity contribution in [1.29, 1.82) is 0 Å². The quantitative estimate of drug-likeness (QED) is 0.615. The highest BCUT2D eigenvalue weighted by Crippen LogP contribution is 2.07. The number of amides is 1. The minimum absolute atomic E-state index is 0.00350. The van der Waals surface area contributed by atoms with E-state index in [1.54, 1.807) is 33.2 Å². The maximum absolute atomic E-state index is 11.8. The third-order valence-electron chi connectivity index (χ3n) is 3.52. The minimum atomic E-state index is -0.258. The lowest BCUT2D eigenvalue weighted by atomic mass is 10.1. The fraction of sp³-hybridized carbons (Fsp3) is 0.529. The summed E-state index contributed by atoms with van der Waals surface area (Å²) in [6, 6.07) is 7.55. The summed E-state index contributed by atoms with van der Waals surface area (Å²) in [7, 11) is 6.91. The third-order valence-corrected chi connectivity index (χ3v) is 3.52. The molecule has 0 heterocycles. The van der Waals surface area contributed by atoms with Crippen LogP contribution in [0.25, 0.3) is 0 Å². The molecular weight excluding hydrogens is 292 g/mol. The van der Waals surface area contributed by atoms with Crippen LogP contribution in [0.2, 0.25) is 0 Å². The maximum Gasteiger partial charge on any atom is 0.253 e. The molecule has 0 saturated heterocycles. The Hall–Kier alpha value is -2.08. The van der Waals surface area contributed by atoms with Gasteiger partial charge in [-0.1, -0.05) is 12.1 Å². The van der Waals surface area contributed by atoms with Gasteiger partial charge in [0, 0.05) is 46.9 Å². The number of benzene rings is 1. The van der Waals surface area contributed by atoms with Crippen molar-refractivity contribution in [3.8, 4) is 0 Å². The number of carbonyl (C=O) groups excluding carboxylic acids is 1. The molecule has 6 heteroatoms. The molecule has 23 heavy (non-hydrogen) atoms. The van der Waals surface area contributed by atoms with Crippen LogP contribution < -0.4 is 10.6 Å². The smallest absolute Gasteiger partial charge is 0.253 e. The van der Waals surface area contributed by atoms with E-state index < -0.39 is 0 Å². The largest absolute Gasteiger partial charge is 0.377 e. The SMILES string of the molecule is CN=C(NCc1ccc(C(=O)N(C)C)cc1)NCC(C)(C)OC. The summed E-state index contributed by atoms with van der Waals surface area (Å²) in [4.78, 5) is 17.6. The average Bonchev–Trinajstić information content (AvgIpc) is 2.54. The molecule has 1 rings (SSSR count). The lowest BCUT2D eigenvalue weighted by Gasteiger charge is -2.24. The van der Waals surface area contributed by atoms with Crippen molar-refractivity contribution in [2.75, 3.05) is 34.8 Å². The Morgan fingerprint density at radius 3 is 2.30 bits per heavy atom. The monoisotopic (exact) mass is 320 g/mol. The van der Waals surface area contributed by atoms with Gasteiger partial charge in [-0.05, 0) is 31.5 Å². The highest BCUT2D eigenvalue weighted by Gasteiger charge is 2.16. The van der Waals surface area contributed by atoms with Crippen LogP contribution in [0.15, 0.2) is 29.3 Å². The molecule has 0 saturated carbocycles. The van der Waals surface area contributed by atoms with Gasteiger partial charge >= 0.3 is 0 Å². The zero-order valence-electron chi connectivity index (χ0n) is 14.9. The second kappa shape index (κ2) is 8.53. The Kier molecular flexibility index (Phi) is 7.03. The van der Waals surface area contributed by atoms with E-state index in [-0.39, 0.29) is 11.5 Å². The second-order valence-corrected chi connectivity index (χ2v) is 6.14. The molecule has 6 nitrogen and oxygen atoms in total. The second-order valence-electron chi connectivity index (χ2n) is 6.14. The molecule has 0 bridgehead atoms. The van der Waals surface area contributed by atoms with Crippen molar-refractivity contribution >= 4 is 11.9 Å². The van der Waals surface area contributed by atoms with Crippen molar-refractivity contribution in [2.24, 2.45) is 4.99 Å². The van der Waals surface area contributed by atoms with Gasteiger partial charge in [0.25, 0.3) is 5.91 Å². The van der Waals surface area contributed by atoms with Gasteiger partial charge in [-0.2, -0.15) is 0 Å². The molecule has 0 aliphatic rings. The highest BCUT2D eigenvalue weighted by molar-refractivity contribution is 5.93. The standard InChI is InChI=1S/C17H28N4O2/c1-17(2,23-6)12-20-16(18-3)19-11-13-7-9-14(10-8-13)15(22)21(4)5/h7-10H,11-12H2,1-6H3,(H2,18,19,20). The van der Waals surface area contributed by atoms with Crippen molar-refractivity contribution in [3.63, 3.8) is 0 Å². The number of rotatable bonds is 6. The summed E-state index contributed by atoms with van der Waals surface area (Å²) >= 11 is 0. The van der Waals surface area contributed by atoms with Crippen LogP contribution in [-0.2, 0) is 11.3 Å². The zero-order chi connectivity index (χ0) is 17.5. The van der Waals surface area contributed by atoms with Crippen LogP contribution in [0.4, 0.5) is 0 Å². The van der Waals surface area contributed by atoms with Gasteiger partial charge in [-0.3, -0.25) is 9.79 Å². The van der Waals surface area contributed by atoms with Crippen molar-refractivity contribution < 1.29 is 9.53 Å². The molecule has 0 unspecified atom stereocenters. The average molecular weight is 320 g/mol. The molecule has 128 valence electrons. The predicted molar refractivity (Wildman–Crippen MR) is 93.7 cm³/mol. The maximum atomic E-state index is 11.8. The summed E-state index contributed by atoms with van der Waals surface area (Å²) < 4.78 is 5.37. The summed E-state index contributed by atoms with van der Waals surface area (Å²) in [6.45, 7) is 5.30. The molecule has 0 atom stereocenters. The van der Waals surface area contributed by atoms with Crippen LogP contribution in [-0.4, -0.2) is 57.2 Å². The number of methoxy groups -OCH3 is 1. The Labute approximate surface area is 138 Å². The van der Waals surface area contributed by atoms with Gasteiger partial charge in [0.05, 0.1) is 5.60 Å². The lowest BCUT2D eigenvalue weighted by Crippen LogP contribution is -2.45. The predicted octanol–water partition coefficient (Wildman–Crippen LogP) is 1.48. The van der Waals surface area contributed by atoms with E-state index >= 15 is 0 Å². The van der Waals surface area contributed by atoms with Crippen LogP contribution in [0.1, 0.15) is 29.8 Å². The molecule has 0 aromatic heterocycles. The highest BCUT2D eigenvalue weighted by atomic mass is 16.5. The van der Waals surface area contributed by atoms with E-state index in [1.807, 2.05) is 38.1 Å². The molecule has 1 aromatic carbocycles. The first-order chi connectivity index (χ1) is 10.8. The zero-order valence-corrected chi connectivity index (χ0v) is 14.9. The fourth-order valence-electron chi connectivity index (χ4n) is 1.80. The van der Waals surface area contributed by atoms with Crippen LogP contribution >= 0.6 is 0 Å². The first-order valence-electron chi connectivity index (χ1n) is 7.59. The first kappa shape index (κ1) is 19.0. The number of aliphatic imine (C=N–C) groups is 1. The summed E-state index contributed by atoms with van der Waals surface area (Å²) in [5, 5.41) is 6.47. The molecule has 1 amide bonds. The summed E-state index contributed by atoms with van der Waals surface area (Å²) in [5.41, 5.74) is 1.50. The molecule has 0 aliphatic heterocycles. The Morgan fingerprint density at radius 2 is 1.83 bits per heavy atom.